The van der Waals surface area contributed by atoms with Crippen LogP contribution >= 0.6 is 0 Å². The molecule has 16 heavy (non-hydrogen) atoms. The third-order valence-electron chi connectivity index (χ3n) is 1.99. The van der Waals surface area contributed by atoms with Crippen molar-refractivity contribution in [1.29, 1.82) is 15.8 Å². The van der Waals surface area contributed by atoms with Gasteiger partial charge in [-0.1, -0.05) is 0 Å². The molecule has 0 saturated carbocycles. The Balaban J connectivity index is 0.00000128. The van der Waals surface area contributed by atoms with Crippen LogP contribution in [-0.4, -0.2) is 28.8 Å². The molecule has 2 aromatic rings. The maximum atomic E-state index is 8.82. The summed E-state index contributed by atoms with van der Waals surface area (Å²) in [6.45, 7) is 0. The molecule has 0 unspecified atom stereocenters. The van der Waals surface area contributed by atoms with Crippen molar-refractivity contribution in [3.8, 4) is 18.2 Å². The number of nitriles is 3. The Morgan fingerprint density at radius 1 is 1.00 bits per heavy atom. The van der Waals surface area contributed by atoms with Gasteiger partial charge in [0.25, 0.3) is 0 Å². The van der Waals surface area contributed by atoms with Gasteiger partial charge in [0.15, 0.2) is 0 Å². The molecule has 1 N–H and O–H groups in total. The molecule has 0 atom stereocenters. The van der Waals surface area contributed by atoms with Crippen LogP contribution in [0.3, 0.4) is 0 Å². The number of benzene rings is 1. The van der Waals surface area contributed by atoms with Gasteiger partial charge in [0, 0.05) is 0 Å². The molecule has 6 heteroatoms. The van der Waals surface area contributed by atoms with E-state index in [0.29, 0.717) is 22.2 Å². The first-order valence-corrected chi connectivity index (χ1v) is 4.03. The predicted molar refractivity (Wildman–Crippen MR) is 57.4 cm³/mol. The van der Waals surface area contributed by atoms with Crippen LogP contribution in [0.1, 0.15) is 17.0 Å². The zero-order valence-corrected chi connectivity index (χ0v) is 7.44. The van der Waals surface area contributed by atoms with E-state index in [1.54, 1.807) is 0 Å². The van der Waals surface area contributed by atoms with Crippen molar-refractivity contribution in [2.75, 3.05) is 0 Å². The van der Waals surface area contributed by atoms with E-state index in [-0.39, 0.29) is 24.7 Å². The molecule has 0 spiro atoms. The number of imidazole rings is 1. The SMILES string of the molecule is N#Cc1nc2c(C#N)ccc(C#N)c2[nH]1.[LiH]. The average Bonchev–Trinajstić information content (AvgIpc) is 2.71. The molecule has 2 rings (SSSR count). The van der Waals surface area contributed by atoms with Crippen molar-refractivity contribution in [2.45, 2.75) is 0 Å². The quantitative estimate of drug-likeness (QED) is 0.628. The van der Waals surface area contributed by atoms with Gasteiger partial charge >= 0.3 is 18.9 Å². The van der Waals surface area contributed by atoms with E-state index in [4.69, 9.17) is 15.8 Å². The fourth-order valence-electron chi connectivity index (χ4n) is 1.33. The molecular weight excluding hydrogens is 197 g/mol. The molecule has 0 fully saturated rings. The monoisotopic (exact) mass is 201 g/mol. The standard InChI is InChI=1S/C10H3N5.Li.H/c11-3-6-1-2-7(4-12)10-9(6)14-8(5-13)15-10;;/h1-2H,(H,14,15);;. The molecule has 1 aromatic heterocycles. The van der Waals surface area contributed by atoms with Gasteiger partial charge in [-0.3, -0.25) is 0 Å². The number of hydrogen-bond acceptors (Lipinski definition) is 4. The Morgan fingerprint density at radius 3 is 2.19 bits per heavy atom. The number of aromatic nitrogens is 2. The van der Waals surface area contributed by atoms with Crippen LogP contribution in [0.25, 0.3) is 11.0 Å². The summed E-state index contributed by atoms with van der Waals surface area (Å²) in [4.78, 5) is 6.61. The van der Waals surface area contributed by atoms with Crippen molar-refractivity contribution in [3.63, 3.8) is 0 Å². The second kappa shape index (κ2) is 4.52. The Bertz CT molecular complexity index is 614. The van der Waals surface area contributed by atoms with Gasteiger partial charge in [-0.2, -0.15) is 15.8 Å². The molecule has 1 heterocycles. The summed E-state index contributed by atoms with van der Waals surface area (Å²) in [5, 5.41) is 26.3. The topological polar surface area (TPSA) is 100 Å². The Morgan fingerprint density at radius 2 is 1.62 bits per heavy atom. The molecule has 0 bridgehead atoms. The molecule has 0 saturated heterocycles. The second-order valence-electron chi connectivity index (χ2n) is 2.81. The normalized spacial score (nSPS) is 8.56. The number of fused-ring (bicyclic) bond motifs is 1. The van der Waals surface area contributed by atoms with Crippen LogP contribution in [0.4, 0.5) is 0 Å². The first-order valence-electron chi connectivity index (χ1n) is 4.03. The van der Waals surface area contributed by atoms with Crippen LogP contribution in [0.2, 0.25) is 0 Å². The van der Waals surface area contributed by atoms with Crippen LogP contribution < -0.4 is 0 Å². The second-order valence-corrected chi connectivity index (χ2v) is 2.81. The number of nitrogens with one attached hydrogen (secondary N) is 1. The van der Waals surface area contributed by atoms with E-state index in [0.717, 1.165) is 0 Å². The summed E-state index contributed by atoms with van der Waals surface area (Å²) in [7, 11) is 0. The van der Waals surface area contributed by atoms with Gasteiger partial charge in [0.05, 0.1) is 16.6 Å². The van der Waals surface area contributed by atoms with Gasteiger partial charge in [0.2, 0.25) is 5.82 Å². The van der Waals surface area contributed by atoms with E-state index >= 15 is 0 Å². The number of nitrogens with zero attached hydrogens (tertiary/aromatic N) is 4. The molecule has 70 valence electrons. The molecule has 5 nitrogen and oxygen atoms in total. The number of hydrogen-bond donors (Lipinski definition) is 1. The van der Waals surface area contributed by atoms with Gasteiger partial charge in [-0.25, -0.2) is 4.98 Å². The van der Waals surface area contributed by atoms with Gasteiger partial charge in [-0.15, -0.1) is 0 Å². The van der Waals surface area contributed by atoms with E-state index in [9.17, 15) is 0 Å². The maximum absolute atomic E-state index is 8.82. The summed E-state index contributed by atoms with van der Waals surface area (Å²) in [5.41, 5.74) is 1.53. The van der Waals surface area contributed by atoms with Crippen LogP contribution in [0.15, 0.2) is 12.1 Å². The minimum absolute atomic E-state index is 0. The molecule has 0 aliphatic rings. The molecule has 1 aromatic carbocycles. The van der Waals surface area contributed by atoms with Gasteiger partial charge in [0.1, 0.15) is 23.7 Å². The van der Waals surface area contributed by atoms with Crippen LogP contribution in [0.5, 0.6) is 0 Å². The fraction of sp³-hybridized carbons (Fsp3) is 0. The number of aromatic amines is 1. The number of rotatable bonds is 0. The fourth-order valence-corrected chi connectivity index (χ4v) is 1.33. The number of H-pyrrole nitrogens is 1. The molecule has 0 radical (unpaired) electrons. The average molecular weight is 201 g/mol. The Kier molecular flexibility index (Phi) is 3.34. The first kappa shape index (κ1) is 11.8. The summed E-state index contributed by atoms with van der Waals surface area (Å²) in [6.07, 6.45) is 0. The minimum atomic E-state index is 0. The Hall–Kier alpha value is -2.24. The zero-order chi connectivity index (χ0) is 10.8. The summed E-state index contributed by atoms with van der Waals surface area (Å²) in [5.74, 6) is 0.101. The van der Waals surface area contributed by atoms with Crippen molar-refractivity contribution >= 4 is 29.9 Å². The first-order chi connectivity index (χ1) is 7.30. The van der Waals surface area contributed by atoms with Crippen LogP contribution in [-0.2, 0) is 0 Å². The molecule has 0 amide bonds. The third-order valence-corrected chi connectivity index (χ3v) is 1.99. The van der Waals surface area contributed by atoms with Crippen molar-refractivity contribution in [2.24, 2.45) is 0 Å². The Labute approximate surface area is 103 Å². The van der Waals surface area contributed by atoms with E-state index in [1.165, 1.54) is 12.1 Å². The predicted octanol–water partition coefficient (Wildman–Crippen LogP) is 0.529. The molecule has 0 aliphatic carbocycles. The third kappa shape index (κ3) is 1.65. The summed E-state index contributed by atoms with van der Waals surface area (Å²) < 4.78 is 0. The van der Waals surface area contributed by atoms with E-state index < -0.39 is 0 Å². The van der Waals surface area contributed by atoms with Crippen molar-refractivity contribution < 1.29 is 0 Å². The van der Waals surface area contributed by atoms with Gasteiger partial charge in [-0.05, 0) is 12.1 Å². The van der Waals surface area contributed by atoms with Crippen LogP contribution in [0, 0.1) is 34.0 Å². The summed E-state index contributed by atoms with van der Waals surface area (Å²) in [6, 6.07) is 8.80. The van der Waals surface area contributed by atoms with E-state index in [2.05, 4.69) is 9.97 Å². The molecule has 0 aliphatic heterocycles. The van der Waals surface area contributed by atoms with E-state index in [1.807, 2.05) is 18.2 Å². The van der Waals surface area contributed by atoms with Crippen molar-refractivity contribution in [1.82, 2.24) is 9.97 Å². The summed E-state index contributed by atoms with van der Waals surface area (Å²) >= 11 is 0. The zero-order valence-electron chi connectivity index (χ0n) is 7.44. The van der Waals surface area contributed by atoms with Crippen molar-refractivity contribution in [3.05, 3.63) is 29.1 Å². The molecular formula is C10H4LiN5. The van der Waals surface area contributed by atoms with Gasteiger partial charge < -0.3 is 4.98 Å².